The Hall–Kier alpha value is -0.890. The Bertz CT molecular complexity index is 429. The largest absolute Gasteiger partial charge is 0.319 e. The molecule has 4 atom stereocenters. The standard InChI is InChI=1S/C17H26N2/c1-12-5-6-14(11-18-2)16(10-12)15-8-7-13-4-3-9-19-17(13)15/h3-4,9,12,14-16,18H,5-8,10-11H2,1-2H3. The van der Waals surface area contributed by atoms with Gasteiger partial charge in [0, 0.05) is 17.8 Å². The molecule has 0 amide bonds. The predicted molar refractivity (Wildman–Crippen MR) is 79.2 cm³/mol. The van der Waals surface area contributed by atoms with Crippen LogP contribution in [0, 0.1) is 17.8 Å². The summed E-state index contributed by atoms with van der Waals surface area (Å²) in [4.78, 5) is 4.72. The zero-order valence-corrected chi connectivity index (χ0v) is 12.2. The average Bonchev–Trinajstić information content (AvgIpc) is 2.85. The third-order valence-electron chi connectivity index (χ3n) is 5.30. The summed E-state index contributed by atoms with van der Waals surface area (Å²) in [5.74, 6) is 3.30. The molecule has 0 spiro atoms. The van der Waals surface area contributed by atoms with E-state index >= 15 is 0 Å². The maximum absolute atomic E-state index is 4.72. The molecule has 2 nitrogen and oxygen atoms in total. The van der Waals surface area contributed by atoms with E-state index in [0.717, 1.165) is 23.7 Å². The summed E-state index contributed by atoms with van der Waals surface area (Å²) < 4.78 is 0. The molecule has 2 aliphatic rings. The van der Waals surface area contributed by atoms with Crippen molar-refractivity contribution in [2.75, 3.05) is 13.6 Å². The Kier molecular flexibility index (Phi) is 3.88. The van der Waals surface area contributed by atoms with Gasteiger partial charge in [-0.05, 0) is 68.7 Å². The molecule has 0 bridgehead atoms. The lowest BCUT2D eigenvalue weighted by Gasteiger charge is -2.38. The minimum atomic E-state index is 0.720. The molecular formula is C17H26N2. The zero-order valence-electron chi connectivity index (χ0n) is 12.2. The molecule has 2 aliphatic carbocycles. The third-order valence-corrected chi connectivity index (χ3v) is 5.30. The van der Waals surface area contributed by atoms with E-state index in [1.807, 2.05) is 6.20 Å². The quantitative estimate of drug-likeness (QED) is 0.899. The Balaban J connectivity index is 1.83. The van der Waals surface area contributed by atoms with Gasteiger partial charge < -0.3 is 5.32 Å². The Morgan fingerprint density at radius 3 is 3.05 bits per heavy atom. The van der Waals surface area contributed by atoms with Crippen LogP contribution in [-0.4, -0.2) is 18.6 Å². The van der Waals surface area contributed by atoms with Crippen LogP contribution in [0.2, 0.25) is 0 Å². The van der Waals surface area contributed by atoms with Gasteiger partial charge in [-0.2, -0.15) is 0 Å². The Morgan fingerprint density at radius 1 is 1.32 bits per heavy atom. The van der Waals surface area contributed by atoms with Gasteiger partial charge in [-0.25, -0.2) is 0 Å². The first kappa shape index (κ1) is 13.1. The number of hydrogen-bond acceptors (Lipinski definition) is 2. The van der Waals surface area contributed by atoms with Gasteiger partial charge in [0.05, 0.1) is 0 Å². The van der Waals surface area contributed by atoms with E-state index in [-0.39, 0.29) is 0 Å². The molecule has 0 aromatic carbocycles. The summed E-state index contributed by atoms with van der Waals surface area (Å²) in [6, 6.07) is 4.37. The van der Waals surface area contributed by atoms with E-state index in [9.17, 15) is 0 Å². The van der Waals surface area contributed by atoms with E-state index < -0.39 is 0 Å². The first-order chi connectivity index (χ1) is 9.29. The van der Waals surface area contributed by atoms with Crippen LogP contribution < -0.4 is 5.32 Å². The van der Waals surface area contributed by atoms with Gasteiger partial charge in [0.2, 0.25) is 0 Å². The summed E-state index contributed by atoms with van der Waals surface area (Å²) >= 11 is 0. The van der Waals surface area contributed by atoms with Crippen molar-refractivity contribution in [2.24, 2.45) is 17.8 Å². The van der Waals surface area contributed by atoms with E-state index in [0.29, 0.717) is 0 Å². The van der Waals surface area contributed by atoms with Crippen molar-refractivity contribution < 1.29 is 0 Å². The second kappa shape index (κ2) is 5.62. The highest BCUT2D eigenvalue weighted by Gasteiger charge is 2.38. The van der Waals surface area contributed by atoms with E-state index in [2.05, 4.69) is 31.4 Å². The van der Waals surface area contributed by atoms with Gasteiger partial charge in [-0.1, -0.05) is 19.4 Å². The van der Waals surface area contributed by atoms with Crippen LogP contribution in [0.5, 0.6) is 0 Å². The molecule has 1 N–H and O–H groups in total. The molecule has 3 rings (SSSR count). The van der Waals surface area contributed by atoms with Crippen molar-refractivity contribution in [3.8, 4) is 0 Å². The molecule has 0 saturated heterocycles. The maximum atomic E-state index is 4.72. The molecule has 19 heavy (non-hydrogen) atoms. The van der Waals surface area contributed by atoms with Crippen LogP contribution in [0.25, 0.3) is 0 Å². The van der Waals surface area contributed by atoms with Gasteiger partial charge in [0.25, 0.3) is 0 Å². The van der Waals surface area contributed by atoms with Crippen molar-refractivity contribution in [3.63, 3.8) is 0 Å². The van der Waals surface area contributed by atoms with Gasteiger partial charge in [-0.3, -0.25) is 4.98 Å². The zero-order chi connectivity index (χ0) is 13.2. The number of hydrogen-bond donors (Lipinski definition) is 1. The lowest BCUT2D eigenvalue weighted by molar-refractivity contribution is 0.156. The van der Waals surface area contributed by atoms with E-state index in [1.54, 1.807) is 0 Å². The number of fused-ring (bicyclic) bond motifs is 1. The minimum absolute atomic E-state index is 0.720. The molecule has 1 saturated carbocycles. The van der Waals surface area contributed by atoms with Crippen LogP contribution in [0.4, 0.5) is 0 Å². The summed E-state index contributed by atoms with van der Waals surface area (Å²) in [6.45, 7) is 3.60. The lowest BCUT2D eigenvalue weighted by atomic mass is 9.68. The van der Waals surface area contributed by atoms with E-state index in [1.165, 1.54) is 49.9 Å². The van der Waals surface area contributed by atoms with Gasteiger partial charge >= 0.3 is 0 Å². The van der Waals surface area contributed by atoms with Gasteiger partial charge in [0.15, 0.2) is 0 Å². The predicted octanol–water partition coefficient (Wildman–Crippen LogP) is 3.38. The number of aromatic nitrogens is 1. The van der Waals surface area contributed by atoms with Crippen LogP contribution in [-0.2, 0) is 6.42 Å². The highest BCUT2D eigenvalue weighted by molar-refractivity contribution is 5.29. The second-order valence-electron chi connectivity index (χ2n) is 6.59. The molecule has 0 aliphatic heterocycles. The van der Waals surface area contributed by atoms with Crippen LogP contribution in [0.15, 0.2) is 18.3 Å². The summed E-state index contributed by atoms with van der Waals surface area (Å²) in [5.41, 5.74) is 2.93. The maximum Gasteiger partial charge on any atom is 0.0469 e. The molecule has 1 heterocycles. The fourth-order valence-electron chi connectivity index (χ4n) is 4.36. The molecule has 1 aromatic rings. The average molecular weight is 258 g/mol. The molecule has 0 radical (unpaired) electrons. The van der Waals surface area contributed by atoms with Crippen molar-refractivity contribution in [1.29, 1.82) is 0 Å². The number of rotatable bonds is 3. The molecule has 104 valence electrons. The monoisotopic (exact) mass is 258 g/mol. The molecule has 2 heteroatoms. The SMILES string of the molecule is CNCC1CCC(C)CC1C1CCc2cccnc21. The Morgan fingerprint density at radius 2 is 2.21 bits per heavy atom. The topological polar surface area (TPSA) is 24.9 Å². The summed E-state index contributed by atoms with van der Waals surface area (Å²) in [6.07, 6.45) is 8.74. The summed E-state index contributed by atoms with van der Waals surface area (Å²) in [5, 5.41) is 3.41. The second-order valence-corrected chi connectivity index (χ2v) is 6.59. The Labute approximate surface area is 117 Å². The van der Waals surface area contributed by atoms with Gasteiger partial charge in [-0.15, -0.1) is 0 Å². The van der Waals surface area contributed by atoms with Crippen molar-refractivity contribution in [1.82, 2.24) is 10.3 Å². The highest BCUT2D eigenvalue weighted by Crippen LogP contribution is 2.46. The molecular weight excluding hydrogens is 232 g/mol. The molecule has 4 unspecified atom stereocenters. The van der Waals surface area contributed by atoms with Crippen LogP contribution in [0.3, 0.4) is 0 Å². The normalized spacial score (nSPS) is 34.2. The van der Waals surface area contributed by atoms with Crippen LogP contribution in [0.1, 0.15) is 49.8 Å². The van der Waals surface area contributed by atoms with Gasteiger partial charge in [0.1, 0.15) is 0 Å². The number of aryl methyl sites for hydroxylation is 1. The number of nitrogens with zero attached hydrogens (tertiary/aromatic N) is 1. The fourth-order valence-corrected chi connectivity index (χ4v) is 4.36. The first-order valence-corrected chi connectivity index (χ1v) is 7.88. The first-order valence-electron chi connectivity index (χ1n) is 7.88. The lowest BCUT2D eigenvalue weighted by Crippen LogP contribution is -2.34. The molecule has 1 fully saturated rings. The van der Waals surface area contributed by atoms with Crippen molar-refractivity contribution in [2.45, 2.75) is 44.9 Å². The third kappa shape index (κ3) is 2.55. The smallest absolute Gasteiger partial charge is 0.0469 e. The van der Waals surface area contributed by atoms with Crippen molar-refractivity contribution in [3.05, 3.63) is 29.6 Å². The summed E-state index contributed by atoms with van der Waals surface area (Å²) in [7, 11) is 2.09. The van der Waals surface area contributed by atoms with E-state index in [4.69, 9.17) is 4.98 Å². The highest BCUT2D eigenvalue weighted by atomic mass is 14.8. The number of pyridine rings is 1. The number of nitrogens with one attached hydrogen (secondary N) is 1. The van der Waals surface area contributed by atoms with Crippen LogP contribution >= 0.6 is 0 Å². The fraction of sp³-hybridized carbons (Fsp3) is 0.706. The molecule has 1 aromatic heterocycles. The van der Waals surface area contributed by atoms with Crippen molar-refractivity contribution >= 4 is 0 Å². The minimum Gasteiger partial charge on any atom is -0.319 e.